The average molecular weight is 302 g/mol. The van der Waals surface area contributed by atoms with Gasteiger partial charge < -0.3 is 11.5 Å². The van der Waals surface area contributed by atoms with Gasteiger partial charge in [0.05, 0.1) is 16.3 Å². The first kappa shape index (κ1) is 14.8. The van der Waals surface area contributed by atoms with Crippen molar-refractivity contribution < 1.29 is 4.79 Å². The summed E-state index contributed by atoms with van der Waals surface area (Å²) in [4.78, 5) is 14.7. The van der Waals surface area contributed by atoms with E-state index in [9.17, 15) is 4.79 Å². The monoisotopic (exact) mass is 301 g/mol. The van der Waals surface area contributed by atoms with E-state index in [1.165, 1.54) is 4.88 Å². The van der Waals surface area contributed by atoms with E-state index in [1.807, 2.05) is 12.1 Å². The van der Waals surface area contributed by atoms with Crippen LogP contribution in [0.1, 0.15) is 30.7 Å². The highest BCUT2D eigenvalue weighted by molar-refractivity contribution is 7.16. The van der Waals surface area contributed by atoms with E-state index < -0.39 is 0 Å². The fourth-order valence-corrected chi connectivity index (χ4v) is 3.92. The molecule has 106 valence electrons. The van der Waals surface area contributed by atoms with Gasteiger partial charge in [0, 0.05) is 17.5 Å². The third-order valence-electron chi connectivity index (χ3n) is 3.78. The van der Waals surface area contributed by atoms with Crippen LogP contribution in [0.2, 0.25) is 4.34 Å². The Labute approximate surface area is 122 Å². The molecule has 19 heavy (non-hydrogen) atoms. The quantitative estimate of drug-likeness (QED) is 0.873. The van der Waals surface area contributed by atoms with E-state index in [-0.39, 0.29) is 23.9 Å². The highest BCUT2D eigenvalue weighted by Gasteiger charge is 2.34. The number of primary amides is 1. The van der Waals surface area contributed by atoms with Crippen LogP contribution >= 0.6 is 22.9 Å². The smallest absolute Gasteiger partial charge is 0.221 e. The van der Waals surface area contributed by atoms with Gasteiger partial charge in [-0.15, -0.1) is 11.3 Å². The minimum atomic E-state index is -0.212. The lowest BCUT2D eigenvalue weighted by atomic mass is 10.0. The minimum absolute atomic E-state index is 0.0429. The molecule has 0 bridgehead atoms. The van der Waals surface area contributed by atoms with Gasteiger partial charge in [0.25, 0.3) is 0 Å². The minimum Gasteiger partial charge on any atom is -0.369 e. The Bertz CT molecular complexity index is 451. The molecule has 0 aromatic carbocycles. The van der Waals surface area contributed by atoms with Crippen molar-refractivity contribution in [2.45, 2.75) is 31.8 Å². The van der Waals surface area contributed by atoms with E-state index in [0.717, 1.165) is 23.7 Å². The second kappa shape index (κ2) is 6.22. The van der Waals surface area contributed by atoms with Crippen molar-refractivity contribution in [3.05, 3.63) is 21.3 Å². The van der Waals surface area contributed by atoms with Crippen LogP contribution < -0.4 is 11.5 Å². The summed E-state index contributed by atoms with van der Waals surface area (Å²) in [6, 6.07) is 4.11. The van der Waals surface area contributed by atoms with Crippen LogP contribution in [0.5, 0.6) is 0 Å². The van der Waals surface area contributed by atoms with Crippen molar-refractivity contribution in [2.24, 2.45) is 17.4 Å². The van der Waals surface area contributed by atoms with Crippen molar-refractivity contribution in [1.29, 1.82) is 0 Å². The van der Waals surface area contributed by atoms with Gasteiger partial charge in [-0.05, 0) is 31.5 Å². The van der Waals surface area contributed by atoms with Crippen molar-refractivity contribution >= 4 is 28.8 Å². The number of amides is 1. The van der Waals surface area contributed by atoms with Gasteiger partial charge in [0.2, 0.25) is 5.91 Å². The number of nitrogens with two attached hydrogens (primary N) is 2. The van der Waals surface area contributed by atoms with E-state index in [0.29, 0.717) is 6.54 Å². The van der Waals surface area contributed by atoms with Crippen LogP contribution in [0.15, 0.2) is 12.1 Å². The summed E-state index contributed by atoms with van der Waals surface area (Å²) in [6.45, 7) is 3.64. The zero-order valence-electron chi connectivity index (χ0n) is 11.0. The number of carbonyl (C=O) groups is 1. The summed E-state index contributed by atoms with van der Waals surface area (Å²) in [5.74, 6) is -0.266. The van der Waals surface area contributed by atoms with Crippen molar-refractivity contribution in [1.82, 2.24) is 4.90 Å². The fourth-order valence-electron chi connectivity index (χ4n) is 2.64. The van der Waals surface area contributed by atoms with Crippen LogP contribution in [0.25, 0.3) is 0 Å². The van der Waals surface area contributed by atoms with E-state index in [1.54, 1.807) is 11.3 Å². The van der Waals surface area contributed by atoms with E-state index in [4.69, 9.17) is 23.1 Å². The predicted octanol–water partition coefficient (Wildman–Crippen LogP) is 1.99. The van der Waals surface area contributed by atoms with Crippen LogP contribution in [0, 0.1) is 5.92 Å². The Morgan fingerprint density at radius 1 is 1.63 bits per heavy atom. The fraction of sp³-hybridized carbons (Fsp3) is 0.615. The first-order valence-electron chi connectivity index (χ1n) is 6.57. The molecule has 2 heterocycles. The third-order valence-corrected chi connectivity index (χ3v) is 5.08. The van der Waals surface area contributed by atoms with Crippen molar-refractivity contribution in [3.8, 4) is 0 Å². The number of nitrogens with zero attached hydrogens (tertiary/aromatic N) is 1. The molecular weight excluding hydrogens is 282 g/mol. The third kappa shape index (κ3) is 3.28. The lowest BCUT2D eigenvalue weighted by Crippen LogP contribution is -2.40. The van der Waals surface area contributed by atoms with Crippen molar-refractivity contribution in [2.75, 3.05) is 13.1 Å². The highest BCUT2D eigenvalue weighted by Crippen LogP contribution is 2.35. The van der Waals surface area contributed by atoms with Gasteiger partial charge in [-0.1, -0.05) is 18.5 Å². The number of hydrogen-bond donors (Lipinski definition) is 2. The normalized spacial score (nSPS) is 23.4. The van der Waals surface area contributed by atoms with Gasteiger partial charge in [-0.2, -0.15) is 0 Å². The number of hydrogen-bond acceptors (Lipinski definition) is 4. The summed E-state index contributed by atoms with van der Waals surface area (Å²) in [6.07, 6.45) is 1.71. The second-order valence-corrected chi connectivity index (χ2v) is 6.79. The van der Waals surface area contributed by atoms with Crippen LogP contribution in [-0.2, 0) is 4.79 Å². The molecule has 0 radical (unpaired) electrons. The maximum absolute atomic E-state index is 11.3. The zero-order chi connectivity index (χ0) is 14.0. The Balaban J connectivity index is 2.17. The molecule has 3 atom stereocenters. The van der Waals surface area contributed by atoms with Crippen molar-refractivity contribution in [3.63, 3.8) is 0 Å². The molecule has 4 N–H and O–H groups in total. The summed E-state index contributed by atoms with van der Waals surface area (Å²) in [5.41, 5.74) is 11.7. The number of likely N-dealkylation sites (tertiary alicyclic amines) is 1. The summed E-state index contributed by atoms with van der Waals surface area (Å²) in [7, 11) is 0. The number of thiophene rings is 1. The van der Waals surface area contributed by atoms with E-state index in [2.05, 4.69) is 11.8 Å². The molecule has 2 rings (SSSR count). The van der Waals surface area contributed by atoms with E-state index >= 15 is 0 Å². The molecule has 1 aliphatic rings. The van der Waals surface area contributed by atoms with Crippen LogP contribution in [-0.4, -0.2) is 29.9 Å². The second-order valence-electron chi connectivity index (χ2n) is 5.04. The molecule has 3 unspecified atom stereocenters. The number of rotatable bonds is 5. The molecule has 1 aromatic heterocycles. The molecular formula is C13H20ClN3OS. The highest BCUT2D eigenvalue weighted by atomic mass is 35.5. The maximum atomic E-state index is 11.3. The number of halogens is 1. The Hall–Kier alpha value is -0.620. The number of carbonyl (C=O) groups excluding carboxylic acids is 1. The summed E-state index contributed by atoms with van der Waals surface area (Å²) >= 11 is 7.59. The van der Waals surface area contributed by atoms with Gasteiger partial charge >= 0.3 is 0 Å². The topological polar surface area (TPSA) is 72.3 Å². The maximum Gasteiger partial charge on any atom is 0.221 e. The molecule has 1 amide bonds. The Kier molecular flexibility index (Phi) is 4.84. The Morgan fingerprint density at radius 2 is 2.37 bits per heavy atom. The summed E-state index contributed by atoms with van der Waals surface area (Å²) < 4.78 is 0.772. The molecule has 0 saturated carbocycles. The molecule has 6 heteroatoms. The zero-order valence-corrected chi connectivity index (χ0v) is 12.6. The lowest BCUT2D eigenvalue weighted by Gasteiger charge is -2.31. The predicted molar refractivity (Wildman–Crippen MR) is 79.2 cm³/mol. The first-order valence-corrected chi connectivity index (χ1v) is 7.76. The standard InChI is InChI=1S/C13H20ClN3OS/c1-2-9(15)12(10-3-4-11(14)19-10)17-6-5-8(7-17)13(16)18/h3-4,8-9,12H,2,5-7,15H2,1H3,(H2,16,18). The molecule has 1 aliphatic heterocycles. The molecule has 1 fully saturated rings. The van der Waals surface area contributed by atoms with Gasteiger partial charge in [0.1, 0.15) is 0 Å². The Morgan fingerprint density at radius 3 is 2.84 bits per heavy atom. The molecule has 0 aliphatic carbocycles. The molecule has 4 nitrogen and oxygen atoms in total. The first-order chi connectivity index (χ1) is 9.02. The van der Waals surface area contributed by atoms with Crippen LogP contribution in [0.3, 0.4) is 0 Å². The van der Waals surface area contributed by atoms with Gasteiger partial charge in [-0.3, -0.25) is 9.69 Å². The van der Waals surface area contributed by atoms with Gasteiger partial charge in [-0.25, -0.2) is 0 Å². The molecule has 0 spiro atoms. The van der Waals surface area contributed by atoms with Gasteiger partial charge in [0.15, 0.2) is 0 Å². The molecule has 1 saturated heterocycles. The average Bonchev–Trinajstić information content (AvgIpc) is 2.99. The summed E-state index contributed by atoms with van der Waals surface area (Å²) in [5, 5.41) is 0. The molecule has 1 aromatic rings. The largest absolute Gasteiger partial charge is 0.369 e. The lowest BCUT2D eigenvalue weighted by molar-refractivity contribution is -0.121. The van der Waals surface area contributed by atoms with Crippen LogP contribution in [0.4, 0.5) is 0 Å². The SMILES string of the molecule is CCC(N)C(c1ccc(Cl)s1)N1CCC(C(N)=O)C1.